The van der Waals surface area contributed by atoms with Gasteiger partial charge in [0.15, 0.2) is 11.0 Å². The first-order valence-electron chi connectivity index (χ1n) is 13.3. The van der Waals surface area contributed by atoms with Crippen molar-refractivity contribution in [2.24, 2.45) is 0 Å². The van der Waals surface area contributed by atoms with Crippen molar-refractivity contribution in [2.45, 2.75) is 18.6 Å². The van der Waals surface area contributed by atoms with E-state index in [2.05, 4.69) is 32.5 Å². The molecule has 2 heterocycles. The van der Waals surface area contributed by atoms with Gasteiger partial charge in [0.05, 0.1) is 25.1 Å². The molecule has 0 aliphatic carbocycles. The summed E-state index contributed by atoms with van der Waals surface area (Å²) in [7, 11) is 1.58. The van der Waals surface area contributed by atoms with Crippen molar-refractivity contribution < 1.29 is 14.3 Å². The highest BCUT2D eigenvalue weighted by molar-refractivity contribution is 7.99. The fraction of sp³-hybridized carbons (Fsp3) is 0.267. The number of piperazine rings is 1. The van der Waals surface area contributed by atoms with Gasteiger partial charge in [-0.15, -0.1) is 10.2 Å². The van der Waals surface area contributed by atoms with Crippen molar-refractivity contribution in [1.82, 2.24) is 25.0 Å². The zero-order chi connectivity index (χ0) is 28.8. The number of carbonyl (C=O) groups is 2. The number of nitrogens with one attached hydrogen (secondary N) is 1. The van der Waals surface area contributed by atoms with E-state index in [1.807, 2.05) is 52.8 Å². The SMILES string of the molecule is COc1ccc(C(=O)NCc2nnc(SCC(=O)N3CCN(c4ccccc4)CC3)n2-c2cccc(Cl)c2C)cc1. The number of amides is 2. The minimum atomic E-state index is -0.246. The van der Waals surface area contributed by atoms with Crippen molar-refractivity contribution in [3.05, 3.63) is 94.8 Å². The van der Waals surface area contributed by atoms with Crippen molar-refractivity contribution in [1.29, 1.82) is 0 Å². The van der Waals surface area contributed by atoms with Crippen LogP contribution in [0.5, 0.6) is 5.75 Å². The first kappa shape index (κ1) is 28.5. The van der Waals surface area contributed by atoms with Crippen LogP contribution in [-0.2, 0) is 11.3 Å². The minimum absolute atomic E-state index is 0.0504. The van der Waals surface area contributed by atoms with E-state index in [0.29, 0.717) is 40.4 Å². The van der Waals surface area contributed by atoms with Crippen LogP contribution in [0.15, 0.2) is 78.0 Å². The van der Waals surface area contributed by atoms with Crippen molar-refractivity contribution in [2.75, 3.05) is 43.9 Å². The second kappa shape index (κ2) is 13.1. The third-order valence-corrected chi connectivity index (χ3v) is 8.34. The molecule has 1 saturated heterocycles. The maximum absolute atomic E-state index is 13.1. The lowest BCUT2D eigenvalue weighted by atomic mass is 10.2. The molecular formula is C30H31ClN6O3S. The summed E-state index contributed by atoms with van der Waals surface area (Å²) in [5.74, 6) is 1.23. The van der Waals surface area contributed by atoms with E-state index in [9.17, 15) is 9.59 Å². The summed E-state index contributed by atoms with van der Waals surface area (Å²) >= 11 is 7.77. The highest BCUT2D eigenvalue weighted by Gasteiger charge is 2.23. The lowest BCUT2D eigenvalue weighted by molar-refractivity contribution is -0.128. The average Bonchev–Trinajstić information content (AvgIpc) is 3.43. The Morgan fingerprint density at radius 1 is 0.951 bits per heavy atom. The van der Waals surface area contributed by atoms with Crippen molar-refractivity contribution in [3.8, 4) is 11.4 Å². The maximum Gasteiger partial charge on any atom is 0.251 e. The lowest BCUT2D eigenvalue weighted by Crippen LogP contribution is -2.49. The molecule has 0 spiro atoms. The van der Waals surface area contributed by atoms with E-state index in [4.69, 9.17) is 16.3 Å². The van der Waals surface area contributed by atoms with Crippen molar-refractivity contribution in [3.63, 3.8) is 0 Å². The molecule has 2 amide bonds. The molecule has 1 fully saturated rings. The molecule has 1 N–H and O–H groups in total. The van der Waals surface area contributed by atoms with E-state index in [1.54, 1.807) is 31.4 Å². The van der Waals surface area contributed by atoms with Crippen LogP contribution < -0.4 is 15.0 Å². The van der Waals surface area contributed by atoms with Crippen LogP contribution in [-0.4, -0.2) is 70.5 Å². The predicted octanol–water partition coefficient (Wildman–Crippen LogP) is 4.61. The molecule has 41 heavy (non-hydrogen) atoms. The van der Waals surface area contributed by atoms with Gasteiger partial charge in [0, 0.05) is 42.5 Å². The number of methoxy groups -OCH3 is 1. The molecule has 1 aliphatic rings. The first-order valence-corrected chi connectivity index (χ1v) is 14.6. The summed E-state index contributed by atoms with van der Waals surface area (Å²) in [5, 5.41) is 12.8. The third kappa shape index (κ3) is 6.66. The summed E-state index contributed by atoms with van der Waals surface area (Å²) in [6, 6.07) is 22.7. The van der Waals surface area contributed by atoms with Crippen LogP contribution in [0.1, 0.15) is 21.7 Å². The Labute approximate surface area is 248 Å². The van der Waals surface area contributed by atoms with E-state index < -0.39 is 0 Å². The minimum Gasteiger partial charge on any atom is -0.497 e. The van der Waals surface area contributed by atoms with Gasteiger partial charge in [-0.1, -0.05) is 47.6 Å². The third-order valence-electron chi connectivity index (χ3n) is 7.02. The normalized spacial score (nSPS) is 13.2. The van der Waals surface area contributed by atoms with Crippen LogP contribution in [0.3, 0.4) is 0 Å². The summed E-state index contributed by atoms with van der Waals surface area (Å²) < 4.78 is 7.03. The number of benzene rings is 3. The molecular weight excluding hydrogens is 560 g/mol. The standard InChI is InChI=1S/C30H31ClN6O3S/c1-21-25(31)9-6-10-26(21)37-27(19-32-29(39)22-11-13-24(40-2)14-12-22)33-34-30(37)41-20-28(38)36-17-15-35(16-18-36)23-7-4-3-5-8-23/h3-14H,15-20H2,1-2H3,(H,32,39). The van der Waals surface area contributed by atoms with Gasteiger partial charge < -0.3 is 19.9 Å². The molecule has 212 valence electrons. The van der Waals surface area contributed by atoms with Crippen LogP contribution >= 0.6 is 23.4 Å². The number of hydrogen-bond donors (Lipinski definition) is 1. The summed E-state index contributed by atoms with van der Waals surface area (Å²) in [6.07, 6.45) is 0. The number of thioether (sulfide) groups is 1. The fourth-order valence-corrected chi connectivity index (χ4v) is 5.70. The van der Waals surface area contributed by atoms with Gasteiger partial charge in [-0.25, -0.2) is 0 Å². The van der Waals surface area contributed by atoms with E-state index in [-0.39, 0.29) is 24.1 Å². The van der Waals surface area contributed by atoms with Crippen LogP contribution in [0.2, 0.25) is 5.02 Å². The highest BCUT2D eigenvalue weighted by Crippen LogP contribution is 2.28. The number of para-hydroxylation sites is 1. The summed E-state index contributed by atoms with van der Waals surface area (Å²) in [6.45, 7) is 4.96. The van der Waals surface area contributed by atoms with Gasteiger partial charge in [-0.05, 0) is 61.0 Å². The molecule has 1 aromatic heterocycles. The molecule has 4 aromatic rings. The Hall–Kier alpha value is -4.02. The Kier molecular flexibility index (Phi) is 9.11. The lowest BCUT2D eigenvalue weighted by Gasteiger charge is -2.36. The molecule has 0 bridgehead atoms. The van der Waals surface area contributed by atoms with Crippen molar-refractivity contribution >= 4 is 40.9 Å². The number of ether oxygens (including phenoxy) is 1. The molecule has 5 rings (SSSR count). The van der Waals surface area contributed by atoms with Crippen LogP contribution in [0, 0.1) is 6.92 Å². The molecule has 9 nitrogen and oxygen atoms in total. The molecule has 0 unspecified atom stereocenters. The van der Waals surface area contributed by atoms with Gasteiger partial charge in [0.1, 0.15) is 5.75 Å². The Balaban J connectivity index is 1.28. The number of hydrogen-bond acceptors (Lipinski definition) is 7. The number of anilines is 1. The average molecular weight is 591 g/mol. The Bertz CT molecular complexity index is 1500. The van der Waals surface area contributed by atoms with Gasteiger partial charge in [-0.2, -0.15) is 0 Å². The zero-order valence-electron chi connectivity index (χ0n) is 22.9. The molecule has 0 saturated carbocycles. The second-order valence-electron chi connectivity index (χ2n) is 9.52. The van der Waals surface area contributed by atoms with Gasteiger partial charge in [-0.3, -0.25) is 14.2 Å². The zero-order valence-corrected chi connectivity index (χ0v) is 24.5. The Morgan fingerprint density at radius 2 is 1.68 bits per heavy atom. The summed E-state index contributed by atoms with van der Waals surface area (Å²) in [5.41, 5.74) is 3.32. The monoisotopic (exact) mass is 590 g/mol. The topological polar surface area (TPSA) is 92.6 Å². The molecule has 0 radical (unpaired) electrons. The highest BCUT2D eigenvalue weighted by atomic mass is 35.5. The summed E-state index contributed by atoms with van der Waals surface area (Å²) in [4.78, 5) is 30.1. The largest absolute Gasteiger partial charge is 0.497 e. The van der Waals surface area contributed by atoms with E-state index in [1.165, 1.54) is 17.4 Å². The number of aromatic nitrogens is 3. The number of halogens is 1. The number of nitrogens with zero attached hydrogens (tertiary/aromatic N) is 5. The molecule has 11 heteroatoms. The number of carbonyl (C=O) groups excluding carboxylic acids is 2. The number of rotatable bonds is 9. The van der Waals surface area contributed by atoms with E-state index >= 15 is 0 Å². The molecule has 1 aliphatic heterocycles. The second-order valence-corrected chi connectivity index (χ2v) is 10.9. The predicted molar refractivity (Wildman–Crippen MR) is 161 cm³/mol. The quantitative estimate of drug-likeness (QED) is 0.285. The maximum atomic E-state index is 13.1. The van der Waals surface area contributed by atoms with Gasteiger partial charge >= 0.3 is 0 Å². The van der Waals surface area contributed by atoms with Crippen LogP contribution in [0.25, 0.3) is 5.69 Å². The van der Waals surface area contributed by atoms with Crippen LogP contribution in [0.4, 0.5) is 5.69 Å². The smallest absolute Gasteiger partial charge is 0.251 e. The Morgan fingerprint density at radius 3 is 2.39 bits per heavy atom. The van der Waals surface area contributed by atoms with E-state index in [0.717, 1.165) is 24.3 Å². The van der Waals surface area contributed by atoms with Gasteiger partial charge in [0.2, 0.25) is 5.91 Å². The van der Waals surface area contributed by atoms with Gasteiger partial charge in [0.25, 0.3) is 5.91 Å². The first-order chi connectivity index (χ1) is 19.9. The molecule has 0 atom stereocenters. The molecule has 3 aromatic carbocycles. The fourth-order valence-electron chi connectivity index (χ4n) is 4.66.